The summed E-state index contributed by atoms with van der Waals surface area (Å²) in [6, 6.07) is 4.94. The van der Waals surface area contributed by atoms with Crippen molar-refractivity contribution in [1.82, 2.24) is 0 Å². The second kappa shape index (κ2) is 15.0. The molecule has 0 unspecified atom stereocenters. The molecule has 0 radical (unpaired) electrons. The van der Waals surface area contributed by atoms with E-state index in [0.717, 1.165) is 6.42 Å². The van der Waals surface area contributed by atoms with Gasteiger partial charge in [-0.1, -0.05) is 103 Å². The molecular formula is C26H40O4. The Bertz CT molecular complexity index is 638. The first-order valence-electron chi connectivity index (χ1n) is 12.3. The lowest BCUT2D eigenvalue weighted by Crippen LogP contribution is -1.99. The van der Waals surface area contributed by atoms with E-state index in [-0.39, 0.29) is 0 Å². The van der Waals surface area contributed by atoms with Gasteiger partial charge in [0.1, 0.15) is 5.75 Å². The third-order valence-corrected chi connectivity index (χ3v) is 5.88. The van der Waals surface area contributed by atoms with E-state index >= 15 is 0 Å². The quantitative estimate of drug-likeness (QED) is 0.140. The Hall–Kier alpha value is -1.84. The highest BCUT2D eigenvalue weighted by molar-refractivity contribution is 6.14. The fraction of sp³-hybridized carbons (Fsp3) is 0.692. The molecule has 0 fully saturated rings. The molecule has 4 nitrogen and oxygen atoms in total. The second-order valence-electron chi connectivity index (χ2n) is 8.54. The fourth-order valence-electron chi connectivity index (χ4n) is 3.99. The standard InChI is InChI=1S/C26H40O4/c1-2-3-4-5-6-7-8-9-10-11-12-13-14-15-16-17-20-29-22-18-19-23-24(21-22)26(28)30-25(23)27/h18-19,21H,2-17,20H2,1H3. The van der Waals surface area contributed by atoms with Crippen molar-refractivity contribution in [2.45, 2.75) is 110 Å². The molecule has 0 bridgehead atoms. The van der Waals surface area contributed by atoms with Crippen LogP contribution in [0.4, 0.5) is 0 Å². The van der Waals surface area contributed by atoms with E-state index in [1.54, 1.807) is 18.2 Å². The van der Waals surface area contributed by atoms with Crippen molar-refractivity contribution in [1.29, 1.82) is 0 Å². The number of cyclic esters (lactones) is 2. The smallest absolute Gasteiger partial charge is 0.347 e. The number of hydrogen-bond donors (Lipinski definition) is 0. The molecule has 1 heterocycles. The van der Waals surface area contributed by atoms with Crippen molar-refractivity contribution < 1.29 is 19.1 Å². The molecular weight excluding hydrogens is 376 g/mol. The van der Waals surface area contributed by atoms with Crippen LogP contribution in [0.2, 0.25) is 0 Å². The van der Waals surface area contributed by atoms with Crippen LogP contribution in [0, 0.1) is 0 Å². The molecule has 1 aromatic rings. The maximum Gasteiger partial charge on any atom is 0.347 e. The third kappa shape index (κ3) is 9.32. The van der Waals surface area contributed by atoms with E-state index in [1.807, 2.05) is 0 Å². The summed E-state index contributed by atoms with van der Waals surface area (Å²) in [6.45, 7) is 2.91. The summed E-state index contributed by atoms with van der Waals surface area (Å²) in [5, 5.41) is 0. The monoisotopic (exact) mass is 416 g/mol. The van der Waals surface area contributed by atoms with E-state index in [2.05, 4.69) is 11.7 Å². The molecule has 2 rings (SSSR count). The Morgan fingerprint density at radius 2 is 1.10 bits per heavy atom. The van der Waals surface area contributed by atoms with Gasteiger partial charge in [-0.05, 0) is 24.6 Å². The zero-order chi connectivity index (χ0) is 21.4. The van der Waals surface area contributed by atoms with Crippen LogP contribution in [-0.4, -0.2) is 18.5 Å². The number of carbonyl (C=O) groups excluding carboxylic acids is 2. The number of fused-ring (bicyclic) bond motifs is 1. The van der Waals surface area contributed by atoms with Crippen molar-refractivity contribution in [3.63, 3.8) is 0 Å². The molecule has 30 heavy (non-hydrogen) atoms. The van der Waals surface area contributed by atoms with Crippen molar-refractivity contribution in [3.8, 4) is 5.75 Å². The third-order valence-electron chi connectivity index (χ3n) is 5.88. The molecule has 0 amide bonds. The molecule has 0 N–H and O–H groups in total. The number of carbonyl (C=O) groups is 2. The van der Waals surface area contributed by atoms with Gasteiger partial charge in [0, 0.05) is 0 Å². The van der Waals surface area contributed by atoms with Crippen LogP contribution >= 0.6 is 0 Å². The lowest BCUT2D eigenvalue weighted by Gasteiger charge is -2.07. The number of hydrogen-bond acceptors (Lipinski definition) is 4. The van der Waals surface area contributed by atoms with Crippen LogP contribution in [0.5, 0.6) is 5.75 Å². The van der Waals surface area contributed by atoms with E-state index in [4.69, 9.17) is 4.74 Å². The second-order valence-corrected chi connectivity index (χ2v) is 8.54. The molecule has 0 saturated carbocycles. The van der Waals surface area contributed by atoms with Crippen LogP contribution in [0.25, 0.3) is 0 Å². The Balaban J connectivity index is 1.35. The normalized spacial score (nSPS) is 12.8. The molecule has 0 aromatic heterocycles. The number of esters is 2. The number of ether oxygens (including phenoxy) is 2. The summed E-state index contributed by atoms with van der Waals surface area (Å²) in [5.74, 6) is -0.524. The topological polar surface area (TPSA) is 52.6 Å². The van der Waals surface area contributed by atoms with Gasteiger partial charge in [0.25, 0.3) is 0 Å². The highest BCUT2D eigenvalue weighted by atomic mass is 16.6. The minimum Gasteiger partial charge on any atom is -0.494 e. The summed E-state index contributed by atoms with van der Waals surface area (Å²) in [7, 11) is 0. The van der Waals surface area contributed by atoms with Gasteiger partial charge in [0.2, 0.25) is 0 Å². The van der Waals surface area contributed by atoms with Gasteiger partial charge in [-0.25, -0.2) is 9.59 Å². The van der Waals surface area contributed by atoms with Gasteiger partial charge in [-0.2, -0.15) is 0 Å². The van der Waals surface area contributed by atoms with E-state index in [1.165, 1.54) is 96.3 Å². The summed E-state index contributed by atoms with van der Waals surface area (Å²) in [6.07, 6.45) is 21.6. The minimum absolute atomic E-state index is 0.310. The van der Waals surface area contributed by atoms with Crippen molar-refractivity contribution in [2.24, 2.45) is 0 Å². The molecule has 168 valence electrons. The minimum atomic E-state index is -0.581. The predicted octanol–water partition coefficient (Wildman–Crippen LogP) is 7.64. The van der Waals surface area contributed by atoms with E-state index in [0.29, 0.717) is 23.5 Å². The van der Waals surface area contributed by atoms with Gasteiger partial charge in [-0.15, -0.1) is 0 Å². The number of unbranched alkanes of at least 4 members (excludes halogenated alkanes) is 15. The Morgan fingerprint density at radius 1 is 0.633 bits per heavy atom. The molecule has 0 aliphatic carbocycles. The molecule has 0 spiro atoms. The van der Waals surface area contributed by atoms with Gasteiger partial charge in [-0.3, -0.25) is 0 Å². The van der Waals surface area contributed by atoms with Crippen molar-refractivity contribution >= 4 is 11.9 Å². The first-order chi connectivity index (χ1) is 14.7. The van der Waals surface area contributed by atoms with Crippen LogP contribution in [0.15, 0.2) is 18.2 Å². The fourth-order valence-corrected chi connectivity index (χ4v) is 3.99. The van der Waals surface area contributed by atoms with Gasteiger partial charge in [0.05, 0.1) is 17.7 Å². The molecule has 4 heteroatoms. The number of benzene rings is 1. The highest BCUT2D eigenvalue weighted by Gasteiger charge is 2.29. The Kier molecular flexibility index (Phi) is 12.2. The molecule has 0 saturated heterocycles. The van der Waals surface area contributed by atoms with Crippen LogP contribution < -0.4 is 4.74 Å². The Morgan fingerprint density at radius 3 is 1.63 bits per heavy atom. The molecule has 1 aliphatic rings. The maximum atomic E-state index is 11.6. The van der Waals surface area contributed by atoms with E-state index < -0.39 is 11.9 Å². The highest BCUT2D eigenvalue weighted by Crippen LogP contribution is 2.25. The van der Waals surface area contributed by atoms with E-state index in [9.17, 15) is 9.59 Å². The first-order valence-corrected chi connectivity index (χ1v) is 12.3. The lowest BCUT2D eigenvalue weighted by molar-refractivity contribution is 0.0443. The van der Waals surface area contributed by atoms with Crippen LogP contribution in [-0.2, 0) is 4.74 Å². The van der Waals surface area contributed by atoms with Gasteiger partial charge in [0.15, 0.2) is 0 Å². The van der Waals surface area contributed by atoms with Gasteiger partial charge < -0.3 is 9.47 Å². The first kappa shape index (κ1) is 24.4. The maximum absolute atomic E-state index is 11.6. The van der Waals surface area contributed by atoms with Crippen LogP contribution in [0.3, 0.4) is 0 Å². The average Bonchev–Trinajstić information content (AvgIpc) is 3.03. The van der Waals surface area contributed by atoms with Crippen molar-refractivity contribution in [3.05, 3.63) is 29.3 Å². The van der Waals surface area contributed by atoms with Gasteiger partial charge >= 0.3 is 11.9 Å². The zero-order valence-corrected chi connectivity index (χ0v) is 18.9. The predicted molar refractivity (Wildman–Crippen MR) is 121 cm³/mol. The summed E-state index contributed by atoms with van der Waals surface area (Å²) in [4.78, 5) is 23.0. The molecule has 1 aromatic carbocycles. The summed E-state index contributed by atoms with van der Waals surface area (Å²) >= 11 is 0. The zero-order valence-electron chi connectivity index (χ0n) is 18.9. The van der Waals surface area contributed by atoms with Crippen LogP contribution in [0.1, 0.15) is 130 Å². The summed E-state index contributed by atoms with van der Waals surface area (Å²) in [5.41, 5.74) is 0.638. The average molecular weight is 417 g/mol. The van der Waals surface area contributed by atoms with Crippen molar-refractivity contribution in [2.75, 3.05) is 6.61 Å². The Labute approximate surface area is 182 Å². The largest absolute Gasteiger partial charge is 0.494 e. The lowest BCUT2D eigenvalue weighted by atomic mass is 10.0. The molecule has 0 atom stereocenters. The SMILES string of the molecule is CCCCCCCCCCCCCCCCCCOc1ccc2c(c1)C(=O)OC2=O. The molecule has 1 aliphatic heterocycles. The number of rotatable bonds is 18. The summed E-state index contributed by atoms with van der Waals surface area (Å²) < 4.78 is 10.3.